The fourth-order valence-electron chi connectivity index (χ4n) is 9.63. The molecule has 51 heavy (non-hydrogen) atoms. The Morgan fingerprint density at radius 3 is 1.63 bits per heavy atom. The van der Waals surface area contributed by atoms with Gasteiger partial charge in [0.15, 0.2) is 0 Å². The summed E-state index contributed by atoms with van der Waals surface area (Å²) in [5, 5.41) is 3.87. The van der Waals surface area contributed by atoms with Crippen LogP contribution in [0.5, 0.6) is 0 Å². The van der Waals surface area contributed by atoms with Crippen molar-refractivity contribution < 1.29 is 0 Å². The van der Waals surface area contributed by atoms with Gasteiger partial charge >= 0.3 is 0 Å². The van der Waals surface area contributed by atoms with Gasteiger partial charge in [-0.15, -0.1) is 0 Å². The Labute approximate surface area is 300 Å². The molecular formula is C50H37N. The number of rotatable bonds is 6. The molecule has 0 heterocycles. The van der Waals surface area contributed by atoms with E-state index in [0.717, 1.165) is 17.8 Å². The summed E-state index contributed by atoms with van der Waals surface area (Å²) in [6.07, 6.45) is 10.1. The van der Waals surface area contributed by atoms with Crippen LogP contribution in [-0.4, -0.2) is 0 Å². The van der Waals surface area contributed by atoms with Crippen LogP contribution in [0, 0.1) is 5.92 Å². The molecule has 0 radical (unpaired) electrons. The van der Waals surface area contributed by atoms with Crippen molar-refractivity contribution in [2.75, 3.05) is 5.32 Å². The zero-order valence-electron chi connectivity index (χ0n) is 28.3. The largest absolute Gasteiger partial charge is 0.356 e. The normalized spacial score (nSPS) is 18.8. The first kappa shape index (κ1) is 29.7. The van der Waals surface area contributed by atoms with Crippen LogP contribution >= 0.6 is 0 Å². The first-order valence-electron chi connectivity index (χ1n) is 18.1. The van der Waals surface area contributed by atoms with Crippen molar-refractivity contribution in [3.8, 4) is 22.3 Å². The second kappa shape index (κ2) is 11.7. The highest BCUT2D eigenvalue weighted by Crippen LogP contribution is 2.59. The van der Waals surface area contributed by atoms with Gasteiger partial charge in [-0.05, 0) is 97.8 Å². The lowest BCUT2D eigenvalue weighted by atomic mass is 9.62. The first-order chi connectivity index (χ1) is 25.3. The lowest BCUT2D eigenvalue weighted by molar-refractivity contribution is 0.457. The lowest BCUT2D eigenvalue weighted by Gasteiger charge is -2.39. The van der Waals surface area contributed by atoms with Crippen LogP contribution in [0.25, 0.3) is 22.3 Å². The fourth-order valence-corrected chi connectivity index (χ4v) is 9.63. The number of anilines is 2. The van der Waals surface area contributed by atoms with Crippen LogP contribution in [0.15, 0.2) is 200 Å². The molecule has 0 saturated carbocycles. The highest BCUT2D eigenvalue weighted by Gasteiger charge is 2.49. The molecule has 0 aliphatic heterocycles. The summed E-state index contributed by atoms with van der Waals surface area (Å²) in [7, 11) is 0. The summed E-state index contributed by atoms with van der Waals surface area (Å²) in [6, 6.07) is 65.2. The maximum absolute atomic E-state index is 3.87. The van der Waals surface area contributed by atoms with Gasteiger partial charge in [-0.1, -0.05) is 176 Å². The van der Waals surface area contributed by atoms with Crippen molar-refractivity contribution in [2.45, 2.75) is 17.3 Å². The summed E-state index contributed by atoms with van der Waals surface area (Å²) in [5.41, 5.74) is 16.0. The van der Waals surface area contributed by atoms with Crippen molar-refractivity contribution in [2.24, 2.45) is 5.92 Å². The SMILES string of the molecule is C1=CC[C@@H](C2(c3ccccc3)c3ccccc3-c3cc(Nc4cccc(C5(c6ccccc6)c6ccccc6-c6ccccc65)c4)ccc32)C=C1. The predicted molar refractivity (Wildman–Crippen MR) is 212 cm³/mol. The molecule has 7 aromatic rings. The summed E-state index contributed by atoms with van der Waals surface area (Å²) in [5.74, 6) is 0.314. The Bertz CT molecular complexity index is 2440. The van der Waals surface area contributed by atoms with Crippen molar-refractivity contribution in [3.63, 3.8) is 0 Å². The third-order valence-corrected chi connectivity index (χ3v) is 11.6. The molecule has 0 bridgehead atoms. The number of nitrogens with one attached hydrogen (secondary N) is 1. The molecule has 0 fully saturated rings. The maximum Gasteiger partial charge on any atom is 0.0714 e. The number of allylic oxidation sites excluding steroid dienone is 4. The van der Waals surface area contributed by atoms with Crippen LogP contribution < -0.4 is 5.32 Å². The van der Waals surface area contributed by atoms with Crippen molar-refractivity contribution in [1.29, 1.82) is 0 Å². The minimum atomic E-state index is -0.430. The van der Waals surface area contributed by atoms with Crippen LogP contribution in [0.1, 0.15) is 45.4 Å². The molecule has 242 valence electrons. The molecule has 1 nitrogen and oxygen atoms in total. The Balaban J connectivity index is 1.11. The lowest BCUT2D eigenvalue weighted by Crippen LogP contribution is -2.35. The van der Waals surface area contributed by atoms with Gasteiger partial charge in [0.2, 0.25) is 0 Å². The van der Waals surface area contributed by atoms with Crippen LogP contribution in [-0.2, 0) is 10.8 Å². The average molecular weight is 652 g/mol. The topological polar surface area (TPSA) is 12.0 Å². The zero-order chi connectivity index (χ0) is 33.8. The molecule has 1 heteroatoms. The maximum atomic E-state index is 3.87. The van der Waals surface area contributed by atoms with Crippen molar-refractivity contribution >= 4 is 11.4 Å². The van der Waals surface area contributed by atoms with Crippen molar-refractivity contribution in [3.05, 3.63) is 239 Å². The van der Waals surface area contributed by atoms with E-state index in [-0.39, 0.29) is 5.41 Å². The van der Waals surface area contributed by atoms with E-state index in [2.05, 4.69) is 206 Å². The quantitative estimate of drug-likeness (QED) is 0.189. The molecule has 7 aromatic carbocycles. The summed E-state index contributed by atoms with van der Waals surface area (Å²) >= 11 is 0. The molecule has 0 saturated heterocycles. The Hall–Kier alpha value is -6.18. The fraction of sp³-hybridized carbons (Fsp3) is 0.0800. The highest BCUT2D eigenvalue weighted by molar-refractivity contribution is 5.88. The Morgan fingerprint density at radius 2 is 0.961 bits per heavy atom. The standard InChI is InChI=1S/C50H37N/c1-4-17-35(18-5-1)49(36-19-6-2-7-20-36)47-30-15-12-27-43(47)44-34-40(31-32-48(44)49)51-39-24-16-23-38(33-39)50(37-21-8-3-9-22-37)45-28-13-10-25-41(45)42-26-11-14-29-46(42)50/h1-19,21-34,36,51H,20H2/t36-,49?/m0/s1. The van der Waals surface area contributed by atoms with Gasteiger partial charge < -0.3 is 5.32 Å². The van der Waals surface area contributed by atoms with Crippen LogP contribution in [0.3, 0.4) is 0 Å². The Kier molecular flexibility index (Phi) is 6.82. The van der Waals surface area contributed by atoms with E-state index in [1.807, 2.05) is 0 Å². The van der Waals surface area contributed by atoms with E-state index < -0.39 is 5.41 Å². The molecule has 10 rings (SSSR count). The van der Waals surface area contributed by atoms with Crippen molar-refractivity contribution in [1.82, 2.24) is 0 Å². The molecule has 3 aliphatic rings. The minimum Gasteiger partial charge on any atom is -0.356 e. The molecule has 0 spiro atoms. The van der Waals surface area contributed by atoms with E-state index in [9.17, 15) is 0 Å². The van der Waals surface area contributed by atoms with Gasteiger partial charge in [-0.2, -0.15) is 0 Å². The summed E-state index contributed by atoms with van der Waals surface area (Å²) < 4.78 is 0. The van der Waals surface area contributed by atoms with E-state index in [1.165, 1.54) is 61.2 Å². The highest BCUT2D eigenvalue weighted by atomic mass is 14.9. The smallest absolute Gasteiger partial charge is 0.0714 e. The second-order valence-corrected chi connectivity index (χ2v) is 14.0. The Morgan fingerprint density at radius 1 is 0.412 bits per heavy atom. The molecule has 3 aliphatic carbocycles. The van der Waals surface area contributed by atoms with Gasteiger partial charge in [-0.25, -0.2) is 0 Å². The predicted octanol–water partition coefficient (Wildman–Crippen LogP) is 12.2. The van der Waals surface area contributed by atoms with E-state index in [4.69, 9.17) is 0 Å². The molecule has 0 aromatic heterocycles. The van der Waals surface area contributed by atoms with Gasteiger partial charge in [-0.3, -0.25) is 0 Å². The number of hydrogen-bond acceptors (Lipinski definition) is 1. The molecular weight excluding hydrogens is 615 g/mol. The van der Waals surface area contributed by atoms with Gasteiger partial charge in [0.05, 0.1) is 10.8 Å². The minimum absolute atomic E-state index is 0.266. The molecule has 1 N–H and O–H groups in total. The molecule has 2 atom stereocenters. The number of benzene rings is 7. The average Bonchev–Trinajstić information content (AvgIpc) is 3.68. The van der Waals surface area contributed by atoms with Gasteiger partial charge in [0, 0.05) is 11.4 Å². The third-order valence-electron chi connectivity index (χ3n) is 11.6. The van der Waals surface area contributed by atoms with Gasteiger partial charge in [0.1, 0.15) is 0 Å². The second-order valence-electron chi connectivity index (χ2n) is 14.0. The molecule has 0 amide bonds. The van der Waals surface area contributed by atoms with Crippen LogP contribution in [0.4, 0.5) is 11.4 Å². The van der Waals surface area contributed by atoms with Gasteiger partial charge in [0.25, 0.3) is 0 Å². The monoisotopic (exact) mass is 651 g/mol. The molecule has 1 unspecified atom stereocenters. The van der Waals surface area contributed by atoms with E-state index in [1.54, 1.807) is 0 Å². The number of hydrogen-bond donors (Lipinski definition) is 1. The van der Waals surface area contributed by atoms with E-state index in [0.29, 0.717) is 5.92 Å². The summed E-state index contributed by atoms with van der Waals surface area (Å²) in [4.78, 5) is 0. The van der Waals surface area contributed by atoms with Crippen LogP contribution in [0.2, 0.25) is 0 Å². The number of fused-ring (bicyclic) bond motifs is 6. The summed E-state index contributed by atoms with van der Waals surface area (Å²) in [6.45, 7) is 0. The zero-order valence-corrected chi connectivity index (χ0v) is 28.3. The first-order valence-corrected chi connectivity index (χ1v) is 18.1. The van der Waals surface area contributed by atoms with E-state index >= 15 is 0 Å². The third kappa shape index (κ3) is 4.28.